The molecular weight excluding hydrogens is 300 g/mol. The monoisotopic (exact) mass is 318 g/mol. The Kier molecular flexibility index (Phi) is 5.00. The first kappa shape index (κ1) is 16.5. The van der Waals surface area contributed by atoms with Gasteiger partial charge in [-0.1, -0.05) is 0 Å². The molecule has 2 rings (SSSR count). The minimum absolute atomic E-state index is 0.0235. The molecule has 0 saturated heterocycles. The van der Waals surface area contributed by atoms with Crippen molar-refractivity contribution in [3.05, 3.63) is 57.5 Å². The van der Waals surface area contributed by atoms with E-state index in [9.17, 15) is 14.9 Å². The molecule has 0 bridgehead atoms. The lowest BCUT2D eigenvalue weighted by Gasteiger charge is -2.06. The topological polar surface area (TPSA) is 94.6 Å². The number of rotatable bonds is 6. The van der Waals surface area contributed by atoms with Gasteiger partial charge in [-0.2, -0.15) is 0 Å². The molecule has 0 spiro atoms. The predicted octanol–water partition coefficient (Wildman–Crippen LogP) is 3.21. The smallest absolute Gasteiger partial charge is 0.287 e. The predicted molar refractivity (Wildman–Crippen MR) is 83.5 cm³/mol. The minimum Gasteiger partial charge on any atom is -0.486 e. The van der Waals surface area contributed by atoms with E-state index in [-0.39, 0.29) is 30.0 Å². The molecule has 0 aliphatic rings. The van der Waals surface area contributed by atoms with Gasteiger partial charge in [-0.05, 0) is 45.0 Å². The van der Waals surface area contributed by atoms with Gasteiger partial charge in [0.05, 0.1) is 4.92 Å². The summed E-state index contributed by atoms with van der Waals surface area (Å²) in [5, 5.41) is 13.5. The van der Waals surface area contributed by atoms with Crippen LogP contribution >= 0.6 is 0 Å². The van der Waals surface area contributed by atoms with Crippen LogP contribution < -0.4 is 10.1 Å². The summed E-state index contributed by atoms with van der Waals surface area (Å²) < 4.78 is 10.9. The SMILES string of the molecule is Cc1cc(OCc2ccc(C(=O)NC(C)C)o2)ccc1[N+](=O)[O-]. The van der Waals surface area contributed by atoms with Crippen molar-refractivity contribution in [2.45, 2.75) is 33.4 Å². The fourth-order valence-corrected chi connectivity index (χ4v) is 1.99. The number of carbonyl (C=O) groups excluding carboxylic acids is 1. The van der Waals surface area contributed by atoms with Crippen molar-refractivity contribution in [2.24, 2.45) is 0 Å². The highest BCUT2D eigenvalue weighted by Gasteiger charge is 2.13. The Morgan fingerprint density at radius 3 is 2.70 bits per heavy atom. The standard InChI is InChI=1S/C16H18N2O5/c1-10(2)17-16(19)15-7-5-13(23-15)9-22-12-4-6-14(18(20)21)11(3)8-12/h4-8,10H,9H2,1-3H3,(H,17,19). The van der Waals surface area contributed by atoms with Gasteiger partial charge in [0, 0.05) is 17.7 Å². The fraction of sp³-hybridized carbons (Fsp3) is 0.312. The van der Waals surface area contributed by atoms with E-state index in [4.69, 9.17) is 9.15 Å². The fourth-order valence-electron chi connectivity index (χ4n) is 1.99. The molecule has 23 heavy (non-hydrogen) atoms. The van der Waals surface area contributed by atoms with Crippen molar-refractivity contribution >= 4 is 11.6 Å². The summed E-state index contributed by atoms with van der Waals surface area (Å²) in [4.78, 5) is 22.1. The second-order valence-electron chi connectivity index (χ2n) is 5.39. The highest BCUT2D eigenvalue weighted by molar-refractivity contribution is 5.91. The first-order valence-corrected chi connectivity index (χ1v) is 7.14. The third-order valence-electron chi connectivity index (χ3n) is 3.05. The molecule has 1 aromatic heterocycles. The van der Waals surface area contributed by atoms with Crippen molar-refractivity contribution in [1.82, 2.24) is 5.32 Å². The quantitative estimate of drug-likeness (QED) is 0.652. The lowest BCUT2D eigenvalue weighted by Crippen LogP contribution is -2.29. The van der Waals surface area contributed by atoms with Crippen molar-refractivity contribution in [3.63, 3.8) is 0 Å². The molecular formula is C16H18N2O5. The van der Waals surface area contributed by atoms with Crippen LogP contribution in [-0.4, -0.2) is 16.9 Å². The van der Waals surface area contributed by atoms with Gasteiger partial charge in [0.15, 0.2) is 5.76 Å². The van der Waals surface area contributed by atoms with Gasteiger partial charge in [0.25, 0.3) is 11.6 Å². The first-order valence-electron chi connectivity index (χ1n) is 7.14. The second-order valence-corrected chi connectivity index (χ2v) is 5.39. The minimum atomic E-state index is -0.439. The molecule has 7 heteroatoms. The Hall–Kier alpha value is -2.83. The third-order valence-corrected chi connectivity index (χ3v) is 3.05. The van der Waals surface area contributed by atoms with Crippen LogP contribution in [0, 0.1) is 17.0 Å². The number of nitrogens with zero attached hydrogens (tertiary/aromatic N) is 1. The molecule has 0 aliphatic carbocycles. The highest BCUT2D eigenvalue weighted by Crippen LogP contribution is 2.23. The average Bonchev–Trinajstić information content (AvgIpc) is 2.93. The van der Waals surface area contributed by atoms with Crippen LogP contribution in [0.25, 0.3) is 0 Å². The summed E-state index contributed by atoms with van der Waals surface area (Å²) in [6, 6.07) is 7.78. The number of ether oxygens (including phenoxy) is 1. The van der Waals surface area contributed by atoms with Gasteiger partial charge in [-0.25, -0.2) is 0 Å². The number of hydrogen-bond donors (Lipinski definition) is 1. The number of aryl methyl sites for hydroxylation is 1. The summed E-state index contributed by atoms with van der Waals surface area (Å²) in [6.07, 6.45) is 0. The summed E-state index contributed by atoms with van der Waals surface area (Å²) in [7, 11) is 0. The maximum Gasteiger partial charge on any atom is 0.287 e. The number of amides is 1. The van der Waals surface area contributed by atoms with Gasteiger partial charge in [-0.15, -0.1) is 0 Å². The van der Waals surface area contributed by atoms with Crippen LogP contribution in [0.5, 0.6) is 5.75 Å². The molecule has 0 atom stereocenters. The molecule has 1 N–H and O–H groups in total. The number of nitro groups is 1. The van der Waals surface area contributed by atoms with E-state index in [0.29, 0.717) is 17.1 Å². The number of hydrogen-bond acceptors (Lipinski definition) is 5. The molecule has 1 aromatic carbocycles. The van der Waals surface area contributed by atoms with E-state index in [1.807, 2.05) is 13.8 Å². The number of benzene rings is 1. The molecule has 0 aliphatic heterocycles. The number of nitrogens with one attached hydrogen (secondary N) is 1. The Balaban J connectivity index is 1.99. The zero-order valence-electron chi connectivity index (χ0n) is 13.2. The zero-order valence-corrected chi connectivity index (χ0v) is 13.2. The van der Waals surface area contributed by atoms with E-state index in [1.54, 1.807) is 25.1 Å². The molecule has 2 aromatic rings. The van der Waals surface area contributed by atoms with Crippen LogP contribution in [0.15, 0.2) is 34.7 Å². The first-order chi connectivity index (χ1) is 10.9. The van der Waals surface area contributed by atoms with Crippen LogP contribution in [-0.2, 0) is 6.61 Å². The maximum atomic E-state index is 11.8. The van der Waals surface area contributed by atoms with Gasteiger partial charge in [0.2, 0.25) is 0 Å². The van der Waals surface area contributed by atoms with Crippen molar-refractivity contribution in [3.8, 4) is 5.75 Å². The molecule has 0 saturated carbocycles. The van der Waals surface area contributed by atoms with E-state index < -0.39 is 4.92 Å². The van der Waals surface area contributed by atoms with Crippen molar-refractivity contribution < 1.29 is 18.9 Å². The molecule has 1 heterocycles. The van der Waals surface area contributed by atoms with Gasteiger partial charge in [0.1, 0.15) is 18.1 Å². The Labute approximate surface area is 133 Å². The van der Waals surface area contributed by atoms with Gasteiger partial charge < -0.3 is 14.5 Å². The summed E-state index contributed by atoms with van der Waals surface area (Å²) in [5.41, 5.74) is 0.562. The number of furan rings is 1. The largest absolute Gasteiger partial charge is 0.486 e. The Morgan fingerprint density at radius 1 is 1.35 bits per heavy atom. The van der Waals surface area contributed by atoms with Crippen LogP contribution in [0.1, 0.15) is 35.7 Å². The normalized spacial score (nSPS) is 10.6. The van der Waals surface area contributed by atoms with Crippen molar-refractivity contribution in [2.75, 3.05) is 0 Å². The summed E-state index contributed by atoms with van der Waals surface area (Å²) in [6.45, 7) is 5.50. The molecule has 122 valence electrons. The zero-order chi connectivity index (χ0) is 17.0. The van der Waals surface area contributed by atoms with E-state index in [0.717, 1.165) is 0 Å². The van der Waals surface area contributed by atoms with E-state index >= 15 is 0 Å². The van der Waals surface area contributed by atoms with Crippen molar-refractivity contribution in [1.29, 1.82) is 0 Å². The molecule has 0 fully saturated rings. The summed E-state index contributed by atoms with van der Waals surface area (Å²) >= 11 is 0. The third kappa shape index (κ3) is 4.32. The maximum absolute atomic E-state index is 11.8. The number of carbonyl (C=O) groups is 1. The molecule has 0 unspecified atom stereocenters. The molecule has 7 nitrogen and oxygen atoms in total. The Bertz CT molecular complexity index is 721. The molecule has 1 amide bonds. The lowest BCUT2D eigenvalue weighted by molar-refractivity contribution is -0.385. The average molecular weight is 318 g/mol. The number of nitro benzene ring substituents is 1. The lowest BCUT2D eigenvalue weighted by atomic mass is 10.2. The Morgan fingerprint density at radius 2 is 2.09 bits per heavy atom. The van der Waals surface area contributed by atoms with Crippen LogP contribution in [0.2, 0.25) is 0 Å². The van der Waals surface area contributed by atoms with Crippen LogP contribution in [0.4, 0.5) is 5.69 Å². The van der Waals surface area contributed by atoms with E-state index in [2.05, 4.69) is 5.32 Å². The second kappa shape index (κ2) is 6.95. The molecule has 0 radical (unpaired) electrons. The van der Waals surface area contributed by atoms with Crippen LogP contribution in [0.3, 0.4) is 0 Å². The van der Waals surface area contributed by atoms with Gasteiger partial charge >= 0.3 is 0 Å². The van der Waals surface area contributed by atoms with E-state index in [1.165, 1.54) is 12.1 Å². The highest BCUT2D eigenvalue weighted by atomic mass is 16.6. The summed E-state index contributed by atoms with van der Waals surface area (Å²) in [5.74, 6) is 0.933. The van der Waals surface area contributed by atoms with Gasteiger partial charge in [-0.3, -0.25) is 14.9 Å².